The first-order chi connectivity index (χ1) is 8.25. The van der Waals surface area contributed by atoms with Crippen molar-refractivity contribution in [3.8, 4) is 0 Å². The van der Waals surface area contributed by atoms with Gasteiger partial charge in [0.2, 0.25) is 5.91 Å². The third-order valence-electron chi connectivity index (χ3n) is 2.59. The second kappa shape index (κ2) is 6.28. The Balaban J connectivity index is 1.83. The van der Waals surface area contributed by atoms with Gasteiger partial charge in [0.15, 0.2) is 0 Å². The van der Waals surface area contributed by atoms with Crippen LogP contribution in [0.5, 0.6) is 0 Å². The van der Waals surface area contributed by atoms with E-state index in [1.807, 2.05) is 36.0 Å². The number of carbonyl (C=O) groups is 1. The number of amides is 1. The molecule has 1 unspecified atom stereocenters. The lowest BCUT2D eigenvalue weighted by Crippen LogP contribution is -2.48. The van der Waals surface area contributed by atoms with E-state index in [9.17, 15) is 4.79 Å². The maximum atomic E-state index is 11.8. The first-order valence-corrected chi connectivity index (χ1v) is 7.12. The number of halogens is 1. The molecular formula is C12H15ClN2OS. The second-order valence-electron chi connectivity index (χ2n) is 3.93. The summed E-state index contributed by atoms with van der Waals surface area (Å²) in [4.78, 5) is 11.8. The monoisotopic (exact) mass is 270 g/mol. The van der Waals surface area contributed by atoms with E-state index < -0.39 is 0 Å². The van der Waals surface area contributed by atoms with Crippen molar-refractivity contribution in [1.82, 2.24) is 10.6 Å². The van der Waals surface area contributed by atoms with Gasteiger partial charge in [-0.2, -0.15) is 11.8 Å². The number of thioether (sulfide) groups is 1. The van der Waals surface area contributed by atoms with Crippen LogP contribution in [0.2, 0.25) is 5.02 Å². The Morgan fingerprint density at radius 2 is 2.47 bits per heavy atom. The highest BCUT2D eigenvalue weighted by atomic mass is 35.5. The van der Waals surface area contributed by atoms with E-state index in [-0.39, 0.29) is 11.9 Å². The Bertz CT molecular complexity index is 394. The van der Waals surface area contributed by atoms with Crippen LogP contribution in [-0.4, -0.2) is 30.0 Å². The fourth-order valence-corrected chi connectivity index (χ4v) is 2.84. The lowest BCUT2D eigenvalue weighted by molar-refractivity contribution is -0.122. The Morgan fingerprint density at radius 1 is 1.59 bits per heavy atom. The number of hydrogen-bond donors (Lipinski definition) is 2. The lowest BCUT2D eigenvalue weighted by Gasteiger charge is -2.22. The molecule has 1 aromatic carbocycles. The van der Waals surface area contributed by atoms with Crippen LogP contribution in [0.3, 0.4) is 0 Å². The Labute approximate surface area is 110 Å². The minimum absolute atomic E-state index is 0.0621. The van der Waals surface area contributed by atoms with Crippen LogP contribution < -0.4 is 10.6 Å². The topological polar surface area (TPSA) is 41.1 Å². The highest BCUT2D eigenvalue weighted by Crippen LogP contribution is 2.11. The van der Waals surface area contributed by atoms with E-state index in [1.54, 1.807) is 0 Å². The summed E-state index contributed by atoms with van der Waals surface area (Å²) >= 11 is 7.69. The summed E-state index contributed by atoms with van der Waals surface area (Å²) in [5.41, 5.74) is 1.02. The number of benzene rings is 1. The maximum absolute atomic E-state index is 11.8. The minimum Gasteiger partial charge on any atom is -0.351 e. The number of carbonyl (C=O) groups excluding carboxylic acids is 1. The molecule has 1 atom stereocenters. The fourth-order valence-electron chi connectivity index (χ4n) is 1.69. The van der Waals surface area contributed by atoms with Gasteiger partial charge in [0.05, 0.1) is 6.04 Å². The van der Waals surface area contributed by atoms with E-state index >= 15 is 0 Å². The van der Waals surface area contributed by atoms with Gasteiger partial charge in [-0.25, -0.2) is 0 Å². The molecule has 0 aromatic heterocycles. The van der Waals surface area contributed by atoms with Gasteiger partial charge in [0.1, 0.15) is 0 Å². The molecule has 17 heavy (non-hydrogen) atoms. The quantitative estimate of drug-likeness (QED) is 0.878. The average Bonchev–Trinajstić information content (AvgIpc) is 2.37. The van der Waals surface area contributed by atoms with E-state index in [0.717, 1.165) is 23.6 Å². The zero-order valence-corrected chi connectivity index (χ0v) is 11.0. The first-order valence-electron chi connectivity index (χ1n) is 5.59. The van der Waals surface area contributed by atoms with Gasteiger partial charge in [-0.3, -0.25) is 4.79 Å². The molecule has 92 valence electrons. The molecule has 2 rings (SSSR count). The van der Waals surface area contributed by atoms with E-state index in [2.05, 4.69) is 10.6 Å². The molecule has 0 saturated carbocycles. The Hall–Kier alpha value is -0.710. The summed E-state index contributed by atoms with van der Waals surface area (Å²) < 4.78 is 0. The van der Waals surface area contributed by atoms with Gasteiger partial charge in [0.25, 0.3) is 0 Å². The first kappa shape index (κ1) is 12.7. The standard InChI is InChI=1S/C12H15ClN2OS/c13-10-3-1-2-9(6-10)7-15-12(16)11-8-17-5-4-14-11/h1-3,6,11,14H,4-5,7-8H2,(H,15,16). The summed E-state index contributed by atoms with van der Waals surface area (Å²) in [5, 5.41) is 6.83. The predicted molar refractivity (Wildman–Crippen MR) is 72.4 cm³/mol. The van der Waals surface area contributed by atoms with Crippen LogP contribution in [0, 0.1) is 0 Å². The second-order valence-corrected chi connectivity index (χ2v) is 5.52. The maximum Gasteiger partial charge on any atom is 0.238 e. The zero-order valence-electron chi connectivity index (χ0n) is 9.41. The molecule has 0 aliphatic carbocycles. The Morgan fingerprint density at radius 3 is 3.18 bits per heavy atom. The third-order valence-corrected chi connectivity index (χ3v) is 3.89. The molecule has 1 aliphatic rings. The number of rotatable bonds is 3. The predicted octanol–water partition coefficient (Wildman–Crippen LogP) is 1.66. The smallest absolute Gasteiger partial charge is 0.238 e. The third kappa shape index (κ3) is 3.91. The summed E-state index contributed by atoms with van der Waals surface area (Å²) in [6.45, 7) is 1.43. The van der Waals surface area contributed by atoms with Crippen LogP contribution in [0.25, 0.3) is 0 Å². The van der Waals surface area contributed by atoms with Gasteiger partial charge >= 0.3 is 0 Å². The molecule has 2 N–H and O–H groups in total. The normalized spacial score (nSPS) is 19.9. The van der Waals surface area contributed by atoms with Crippen molar-refractivity contribution in [3.63, 3.8) is 0 Å². The number of nitrogens with one attached hydrogen (secondary N) is 2. The van der Waals surface area contributed by atoms with Crippen molar-refractivity contribution >= 4 is 29.3 Å². The largest absolute Gasteiger partial charge is 0.351 e. The minimum atomic E-state index is -0.0621. The molecule has 1 aliphatic heterocycles. The summed E-state index contributed by atoms with van der Waals surface area (Å²) in [7, 11) is 0. The molecule has 1 aromatic rings. The molecule has 1 fully saturated rings. The molecule has 5 heteroatoms. The van der Waals surface area contributed by atoms with Gasteiger partial charge in [-0.05, 0) is 17.7 Å². The van der Waals surface area contributed by atoms with Crippen molar-refractivity contribution < 1.29 is 4.79 Å². The summed E-state index contributed by atoms with van der Waals surface area (Å²) in [5.74, 6) is 2.00. The molecule has 1 saturated heterocycles. The van der Waals surface area contributed by atoms with Gasteiger partial charge in [-0.15, -0.1) is 0 Å². The van der Waals surface area contributed by atoms with Gasteiger partial charge in [-0.1, -0.05) is 23.7 Å². The van der Waals surface area contributed by atoms with E-state index in [1.165, 1.54) is 0 Å². The highest BCUT2D eigenvalue weighted by molar-refractivity contribution is 7.99. The van der Waals surface area contributed by atoms with Gasteiger partial charge in [0, 0.05) is 29.6 Å². The van der Waals surface area contributed by atoms with Crippen LogP contribution in [0.4, 0.5) is 0 Å². The van der Waals surface area contributed by atoms with Crippen molar-refractivity contribution in [2.45, 2.75) is 12.6 Å². The van der Waals surface area contributed by atoms with Crippen LogP contribution in [0.1, 0.15) is 5.56 Å². The summed E-state index contributed by atoms with van der Waals surface area (Å²) in [6, 6.07) is 7.47. The van der Waals surface area contributed by atoms with Crippen LogP contribution >= 0.6 is 23.4 Å². The molecule has 3 nitrogen and oxygen atoms in total. The SMILES string of the molecule is O=C(NCc1cccc(Cl)c1)C1CSCCN1. The van der Waals surface area contributed by atoms with Crippen molar-refractivity contribution in [3.05, 3.63) is 34.9 Å². The van der Waals surface area contributed by atoms with Crippen LogP contribution in [0.15, 0.2) is 24.3 Å². The van der Waals surface area contributed by atoms with E-state index in [4.69, 9.17) is 11.6 Å². The van der Waals surface area contributed by atoms with Gasteiger partial charge < -0.3 is 10.6 Å². The van der Waals surface area contributed by atoms with E-state index in [0.29, 0.717) is 11.6 Å². The number of hydrogen-bond acceptors (Lipinski definition) is 3. The molecule has 0 radical (unpaired) electrons. The average molecular weight is 271 g/mol. The van der Waals surface area contributed by atoms with Crippen molar-refractivity contribution in [2.24, 2.45) is 0 Å². The van der Waals surface area contributed by atoms with Crippen molar-refractivity contribution in [2.75, 3.05) is 18.1 Å². The molecule has 0 spiro atoms. The summed E-state index contributed by atoms with van der Waals surface area (Å²) in [6.07, 6.45) is 0. The molecular weight excluding hydrogens is 256 g/mol. The fraction of sp³-hybridized carbons (Fsp3) is 0.417. The Kier molecular flexibility index (Phi) is 4.71. The lowest BCUT2D eigenvalue weighted by atomic mass is 10.2. The molecule has 1 amide bonds. The van der Waals surface area contributed by atoms with Crippen molar-refractivity contribution in [1.29, 1.82) is 0 Å². The molecule has 0 bridgehead atoms. The zero-order chi connectivity index (χ0) is 12.1. The molecule has 1 heterocycles. The van der Waals surface area contributed by atoms with Crippen LogP contribution in [-0.2, 0) is 11.3 Å². The highest BCUT2D eigenvalue weighted by Gasteiger charge is 2.20.